The van der Waals surface area contributed by atoms with Crippen LogP contribution in [0.4, 0.5) is 0 Å². The molecule has 128 valence electrons. The SMILES string of the molecule is CCCCCCCCCCCCN(CC)OCC(C)(C)Cl. The third kappa shape index (κ3) is 16.4. The standard InChI is InChI=1S/C18H38ClNO/c1-5-7-8-9-10-11-12-13-14-15-16-20(6-2)21-17-18(3,4)19/h5-17H2,1-4H3. The lowest BCUT2D eigenvalue weighted by Gasteiger charge is -2.24. The molecule has 0 aromatic heterocycles. The normalized spacial score (nSPS) is 12.3. The minimum atomic E-state index is -0.273. The van der Waals surface area contributed by atoms with Crippen LogP contribution in [-0.4, -0.2) is 29.6 Å². The highest BCUT2D eigenvalue weighted by atomic mass is 35.5. The zero-order valence-electron chi connectivity index (χ0n) is 14.9. The first kappa shape index (κ1) is 21.2. The van der Waals surface area contributed by atoms with E-state index in [2.05, 4.69) is 18.9 Å². The molecule has 0 aromatic carbocycles. The van der Waals surface area contributed by atoms with Crippen LogP contribution in [0.5, 0.6) is 0 Å². The molecule has 0 atom stereocenters. The van der Waals surface area contributed by atoms with Gasteiger partial charge in [-0.2, -0.15) is 5.06 Å². The van der Waals surface area contributed by atoms with E-state index in [4.69, 9.17) is 16.4 Å². The summed E-state index contributed by atoms with van der Waals surface area (Å²) in [4.78, 5) is 5.47. The zero-order valence-corrected chi connectivity index (χ0v) is 15.7. The molecule has 0 amide bonds. The van der Waals surface area contributed by atoms with Crippen molar-refractivity contribution in [3.8, 4) is 0 Å². The minimum Gasteiger partial charge on any atom is -0.297 e. The van der Waals surface area contributed by atoms with Gasteiger partial charge in [0.15, 0.2) is 0 Å². The number of halogens is 1. The lowest BCUT2D eigenvalue weighted by molar-refractivity contribution is -0.161. The number of hydrogen-bond acceptors (Lipinski definition) is 2. The summed E-state index contributed by atoms with van der Waals surface area (Å²) < 4.78 is 0. The highest BCUT2D eigenvalue weighted by Crippen LogP contribution is 2.14. The number of hydrogen-bond donors (Lipinski definition) is 0. The van der Waals surface area contributed by atoms with Crippen molar-refractivity contribution < 1.29 is 4.84 Å². The number of hydroxylamine groups is 2. The Balaban J connectivity index is 3.35. The van der Waals surface area contributed by atoms with Crippen molar-refractivity contribution in [2.45, 2.75) is 96.8 Å². The van der Waals surface area contributed by atoms with Gasteiger partial charge in [0.05, 0.1) is 11.5 Å². The van der Waals surface area contributed by atoms with E-state index in [1.54, 1.807) is 0 Å². The first-order valence-electron chi connectivity index (χ1n) is 9.06. The maximum atomic E-state index is 6.15. The van der Waals surface area contributed by atoms with E-state index in [9.17, 15) is 0 Å². The van der Waals surface area contributed by atoms with Gasteiger partial charge >= 0.3 is 0 Å². The van der Waals surface area contributed by atoms with E-state index in [1.807, 2.05) is 13.8 Å². The average molecular weight is 320 g/mol. The molecule has 2 nitrogen and oxygen atoms in total. The van der Waals surface area contributed by atoms with Crippen molar-refractivity contribution in [2.24, 2.45) is 0 Å². The van der Waals surface area contributed by atoms with Crippen LogP contribution in [0.25, 0.3) is 0 Å². The fourth-order valence-corrected chi connectivity index (χ4v) is 2.38. The van der Waals surface area contributed by atoms with Crippen molar-refractivity contribution in [3.05, 3.63) is 0 Å². The molecule has 0 fully saturated rings. The maximum Gasteiger partial charge on any atom is 0.0871 e. The Kier molecular flexibility index (Phi) is 14.0. The Morgan fingerprint density at radius 3 is 1.71 bits per heavy atom. The van der Waals surface area contributed by atoms with Crippen molar-refractivity contribution in [2.75, 3.05) is 19.7 Å². The summed E-state index contributed by atoms with van der Waals surface area (Å²) in [5.41, 5.74) is 0. The zero-order chi connectivity index (χ0) is 16.0. The summed E-state index contributed by atoms with van der Waals surface area (Å²) in [7, 11) is 0. The molecular weight excluding hydrogens is 282 g/mol. The first-order chi connectivity index (χ1) is 9.99. The molecule has 0 spiro atoms. The van der Waals surface area contributed by atoms with Crippen LogP contribution in [0.3, 0.4) is 0 Å². The molecule has 0 rings (SSSR count). The van der Waals surface area contributed by atoms with Gasteiger partial charge < -0.3 is 0 Å². The van der Waals surface area contributed by atoms with E-state index in [0.717, 1.165) is 13.1 Å². The Morgan fingerprint density at radius 1 is 0.810 bits per heavy atom. The summed E-state index contributed by atoms with van der Waals surface area (Å²) in [6.45, 7) is 10.9. The third-order valence-electron chi connectivity index (χ3n) is 3.70. The van der Waals surface area contributed by atoms with Gasteiger partial charge in [0.2, 0.25) is 0 Å². The molecule has 3 heteroatoms. The molecule has 0 N–H and O–H groups in total. The van der Waals surface area contributed by atoms with Gasteiger partial charge in [0, 0.05) is 13.1 Å². The summed E-state index contributed by atoms with van der Waals surface area (Å²) in [6, 6.07) is 0. The van der Waals surface area contributed by atoms with Gasteiger partial charge in [-0.05, 0) is 20.3 Å². The van der Waals surface area contributed by atoms with E-state index in [1.165, 1.54) is 64.2 Å². The molecule has 0 saturated heterocycles. The predicted octanol–water partition coefficient (Wildman–Crippen LogP) is 6.18. The maximum absolute atomic E-state index is 6.15. The van der Waals surface area contributed by atoms with Crippen LogP contribution in [0, 0.1) is 0 Å². The van der Waals surface area contributed by atoms with Gasteiger partial charge in [-0.15, -0.1) is 11.6 Å². The van der Waals surface area contributed by atoms with E-state index in [-0.39, 0.29) is 4.87 Å². The molecule has 0 saturated carbocycles. The van der Waals surface area contributed by atoms with E-state index in [0.29, 0.717) is 6.61 Å². The van der Waals surface area contributed by atoms with Crippen molar-refractivity contribution in [1.82, 2.24) is 5.06 Å². The minimum absolute atomic E-state index is 0.273. The summed E-state index contributed by atoms with van der Waals surface area (Å²) in [6.07, 6.45) is 13.8. The average Bonchev–Trinajstić information content (AvgIpc) is 2.43. The fourth-order valence-electron chi connectivity index (χ4n) is 2.33. The van der Waals surface area contributed by atoms with Gasteiger partial charge in [-0.1, -0.05) is 71.6 Å². The second-order valence-corrected chi connectivity index (χ2v) is 7.72. The van der Waals surface area contributed by atoms with Crippen LogP contribution in [0.15, 0.2) is 0 Å². The molecule has 0 heterocycles. The summed E-state index contributed by atoms with van der Waals surface area (Å²) in [5.74, 6) is 0. The second kappa shape index (κ2) is 13.8. The Morgan fingerprint density at radius 2 is 1.29 bits per heavy atom. The van der Waals surface area contributed by atoms with Crippen LogP contribution in [-0.2, 0) is 4.84 Å². The number of nitrogens with zero attached hydrogens (tertiary/aromatic N) is 1. The summed E-state index contributed by atoms with van der Waals surface area (Å²) >= 11 is 6.15. The number of alkyl halides is 1. The van der Waals surface area contributed by atoms with E-state index >= 15 is 0 Å². The molecule has 0 bridgehead atoms. The van der Waals surface area contributed by atoms with Gasteiger partial charge in [-0.3, -0.25) is 4.84 Å². The molecule has 0 aliphatic rings. The van der Waals surface area contributed by atoms with Crippen molar-refractivity contribution >= 4 is 11.6 Å². The highest BCUT2D eigenvalue weighted by molar-refractivity contribution is 6.23. The predicted molar refractivity (Wildman–Crippen MR) is 95.0 cm³/mol. The molecule has 0 radical (unpaired) electrons. The Bertz CT molecular complexity index is 216. The molecular formula is C18H38ClNO. The van der Waals surface area contributed by atoms with Crippen LogP contribution < -0.4 is 0 Å². The van der Waals surface area contributed by atoms with Gasteiger partial charge in [0.1, 0.15) is 0 Å². The quantitative estimate of drug-likeness (QED) is 0.203. The van der Waals surface area contributed by atoms with Crippen LogP contribution >= 0.6 is 11.6 Å². The topological polar surface area (TPSA) is 12.5 Å². The smallest absolute Gasteiger partial charge is 0.0871 e. The van der Waals surface area contributed by atoms with Crippen LogP contribution in [0.1, 0.15) is 91.9 Å². The van der Waals surface area contributed by atoms with E-state index < -0.39 is 0 Å². The lowest BCUT2D eigenvalue weighted by Crippen LogP contribution is -2.31. The molecule has 0 aliphatic heterocycles. The lowest BCUT2D eigenvalue weighted by atomic mass is 10.1. The molecule has 21 heavy (non-hydrogen) atoms. The van der Waals surface area contributed by atoms with Gasteiger partial charge in [0.25, 0.3) is 0 Å². The Hall–Kier alpha value is 0.210. The fraction of sp³-hybridized carbons (Fsp3) is 1.00. The largest absolute Gasteiger partial charge is 0.297 e. The third-order valence-corrected chi connectivity index (χ3v) is 3.81. The monoisotopic (exact) mass is 319 g/mol. The first-order valence-corrected chi connectivity index (χ1v) is 9.44. The van der Waals surface area contributed by atoms with Gasteiger partial charge in [-0.25, -0.2) is 0 Å². The molecule has 0 unspecified atom stereocenters. The second-order valence-electron chi connectivity index (χ2n) is 6.70. The Labute approximate surface area is 138 Å². The van der Waals surface area contributed by atoms with Crippen LogP contribution in [0.2, 0.25) is 0 Å². The number of rotatable bonds is 15. The highest BCUT2D eigenvalue weighted by Gasteiger charge is 2.15. The van der Waals surface area contributed by atoms with Crippen molar-refractivity contribution in [3.63, 3.8) is 0 Å². The van der Waals surface area contributed by atoms with Crippen molar-refractivity contribution in [1.29, 1.82) is 0 Å². The molecule has 0 aromatic rings. The summed E-state index contributed by atoms with van der Waals surface area (Å²) in [5, 5.41) is 2.05. The number of unbranched alkanes of at least 4 members (excludes halogenated alkanes) is 9. The molecule has 0 aliphatic carbocycles.